The monoisotopic (exact) mass is 418 g/mol. The zero-order chi connectivity index (χ0) is 15.6. The van der Waals surface area contributed by atoms with Crippen LogP contribution in [0.1, 0.15) is 20.7 Å². The Bertz CT molecular complexity index is 737. The number of amides is 2. The number of primary amides is 1. The molecule has 0 spiro atoms. The summed E-state index contributed by atoms with van der Waals surface area (Å²) in [5, 5.41) is 2.85. The summed E-state index contributed by atoms with van der Waals surface area (Å²) in [6.45, 7) is 0. The van der Waals surface area contributed by atoms with Crippen molar-refractivity contribution < 1.29 is 14.0 Å². The minimum Gasteiger partial charge on any atom is -0.366 e. The number of rotatable bonds is 3. The Morgan fingerprint density at radius 3 is 2.52 bits per heavy atom. The zero-order valence-corrected chi connectivity index (χ0v) is 13.4. The van der Waals surface area contributed by atoms with Gasteiger partial charge in [-0.05, 0) is 59.0 Å². The molecule has 0 heterocycles. The van der Waals surface area contributed by atoms with Crippen LogP contribution in [-0.2, 0) is 0 Å². The molecule has 0 saturated carbocycles. The van der Waals surface area contributed by atoms with Crippen molar-refractivity contribution in [3.8, 4) is 0 Å². The first kappa shape index (κ1) is 15.7. The lowest BCUT2D eigenvalue weighted by atomic mass is 10.1. The van der Waals surface area contributed by atoms with Crippen LogP contribution in [0.25, 0.3) is 0 Å². The second-order valence-electron chi connectivity index (χ2n) is 4.14. The van der Waals surface area contributed by atoms with Gasteiger partial charge in [0.25, 0.3) is 5.91 Å². The van der Waals surface area contributed by atoms with Gasteiger partial charge in [0.2, 0.25) is 5.91 Å². The number of halogens is 3. The first-order valence-corrected chi connectivity index (χ1v) is 7.20. The highest BCUT2D eigenvalue weighted by molar-refractivity contribution is 14.1. The maximum absolute atomic E-state index is 13.0. The van der Waals surface area contributed by atoms with Crippen molar-refractivity contribution in [2.75, 3.05) is 5.32 Å². The van der Waals surface area contributed by atoms with E-state index in [1.807, 2.05) is 22.6 Å². The Morgan fingerprint density at radius 1 is 1.19 bits per heavy atom. The van der Waals surface area contributed by atoms with Crippen LogP contribution in [0.15, 0.2) is 36.4 Å². The van der Waals surface area contributed by atoms with E-state index in [1.165, 1.54) is 36.4 Å². The SMILES string of the molecule is NC(=O)c1ccc(Cl)c(NC(=O)c2ccc(F)cc2I)c1. The quantitative estimate of drug-likeness (QED) is 0.750. The number of hydrogen-bond acceptors (Lipinski definition) is 2. The van der Waals surface area contributed by atoms with Crippen molar-refractivity contribution in [1.29, 1.82) is 0 Å². The number of carbonyl (C=O) groups is 2. The maximum Gasteiger partial charge on any atom is 0.256 e. The van der Waals surface area contributed by atoms with Crippen LogP contribution in [0.4, 0.5) is 10.1 Å². The number of hydrogen-bond donors (Lipinski definition) is 2. The summed E-state index contributed by atoms with van der Waals surface area (Å²) >= 11 is 7.83. The average molecular weight is 419 g/mol. The van der Waals surface area contributed by atoms with E-state index >= 15 is 0 Å². The molecule has 0 radical (unpaired) electrons. The molecule has 0 unspecified atom stereocenters. The highest BCUT2D eigenvalue weighted by atomic mass is 127. The minimum absolute atomic E-state index is 0.225. The third-order valence-corrected chi connectivity index (χ3v) is 3.90. The topological polar surface area (TPSA) is 72.2 Å². The van der Waals surface area contributed by atoms with Crippen molar-refractivity contribution in [2.24, 2.45) is 5.73 Å². The molecule has 2 aromatic carbocycles. The van der Waals surface area contributed by atoms with Crippen molar-refractivity contribution in [1.82, 2.24) is 0 Å². The Morgan fingerprint density at radius 2 is 1.90 bits per heavy atom. The van der Waals surface area contributed by atoms with Crippen molar-refractivity contribution >= 4 is 51.7 Å². The molecule has 0 aliphatic rings. The van der Waals surface area contributed by atoms with Crippen LogP contribution < -0.4 is 11.1 Å². The predicted molar refractivity (Wildman–Crippen MR) is 87.0 cm³/mol. The van der Waals surface area contributed by atoms with E-state index in [0.29, 0.717) is 9.13 Å². The van der Waals surface area contributed by atoms with E-state index in [-0.39, 0.29) is 16.3 Å². The molecule has 0 bridgehead atoms. The first-order chi connectivity index (χ1) is 9.88. The lowest BCUT2D eigenvalue weighted by Crippen LogP contribution is -2.16. The lowest BCUT2D eigenvalue weighted by Gasteiger charge is -2.09. The molecular formula is C14H9ClFIN2O2. The van der Waals surface area contributed by atoms with Gasteiger partial charge in [-0.25, -0.2) is 4.39 Å². The van der Waals surface area contributed by atoms with Gasteiger partial charge in [-0.15, -0.1) is 0 Å². The number of nitrogens with one attached hydrogen (secondary N) is 1. The molecule has 2 amide bonds. The van der Waals surface area contributed by atoms with Crippen LogP contribution in [0.3, 0.4) is 0 Å². The van der Waals surface area contributed by atoms with E-state index in [2.05, 4.69) is 5.32 Å². The Balaban J connectivity index is 2.31. The molecule has 0 fully saturated rings. The smallest absolute Gasteiger partial charge is 0.256 e. The van der Waals surface area contributed by atoms with Crippen LogP contribution in [-0.4, -0.2) is 11.8 Å². The molecule has 0 aliphatic heterocycles. The molecule has 0 atom stereocenters. The average Bonchev–Trinajstić information content (AvgIpc) is 2.40. The molecule has 4 nitrogen and oxygen atoms in total. The Kier molecular flexibility index (Phi) is 4.79. The van der Waals surface area contributed by atoms with Crippen molar-refractivity contribution in [3.05, 3.63) is 61.9 Å². The predicted octanol–water partition coefficient (Wildman–Crippen LogP) is 3.43. The molecular weight excluding hydrogens is 410 g/mol. The van der Waals surface area contributed by atoms with Gasteiger partial charge in [0.15, 0.2) is 0 Å². The summed E-state index contributed by atoms with van der Waals surface area (Å²) in [4.78, 5) is 23.3. The van der Waals surface area contributed by atoms with Gasteiger partial charge in [0, 0.05) is 9.13 Å². The van der Waals surface area contributed by atoms with E-state index < -0.39 is 17.6 Å². The fourth-order valence-electron chi connectivity index (χ4n) is 1.64. The minimum atomic E-state index is -0.626. The van der Waals surface area contributed by atoms with Gasteiger partial charge in [-0.1, -0.05) is 11.6 Å². The largest absolute Gasteiger partial charge is 0.366 e. The second-order valence-corrected chi connectivity index (χ2v) is 5.71. The number of benzene rings is 2. The molecule has 0 aromatic heterocycles. The Hall–Kier alpha value is -1.67. The molecule has 0 saturated heterocycles. The number of anilines is 1. The standard InChI is InChI=1S/C14H9ClFIN2O2/c15-10-4-1-7(13(18)20)5-12(10)19-14(21)9-3-2-8(16)6-11(9)17/h1-6H,(H2,18,20)(H,19,21). The van der Waals surface area contributed by atoms with Crippen LogP contribution in [0.5, 0.6) is 0 Å². The summed E-state index contributed by atoms with van der Waals surface area (Å²) in [6.07, 6.45) is 0. The summed E-state index contributed by atoms with van der Waals surface area (Å²) in [6, 6.07) is 8.13. The highest BCUT2D eigenvalue weighted by Gasteiger charge is 2.13. The van der Waals surface area contributed by atoms with Gasteiger partial charge in [-0.3, -0.25) is 9.59 Å². The molecule has 2 rings (SSSR count). The van der Waals surface area contributed by atoms with Gasteiger partial charge >= 0.3 is 0 Å². The molecule has 3 N–H and O–H groups in total. The fraction of sp³-hybridized carbons (Fsp3) is 0. The zero-order valence-electron chi connectivity index (χ0n) is 10.5. The third kappa shape index (κ3) is 3.70. The summed E-state index contributed by atoms with van der Waals surface area (Å²) in [5.74, 6) is -1.51. The van der Waals surface area contributed by atoms with Gasteiger partial charge in [-0.2, -0.15) is 0 Å². The normalized spacial score (nSPS) is 10.2. The van der Waals surface area contributed by atoms with Gasteiger partial charge in [0.1, 0.15) is 5.82 Å². The molecule has 108 valence electrons. The Labute approximate surface area is 138 Å². The summed E-state index contributed by atoms with van der Waals surface area (Å²) in [5.41, 5.74) is 5.97. The highest BCUT2D eigenvalue weighted by Crippen LogP contribution is 2.24. The van der Waals surface area contributed by atoms with Gasteiger partial charge < -0.3 is 11.1 Å². The van der Waals surface area contributed by atoms with Crippen LogP contribution >= 0.6 is 34.2 Å². The number of nitrogens with two attached hydrogens (primary N) is 1. The summed E-state index contributed by atoms with van der Waals surface area (Å²) < 4.78 is 13.5. The third-order valence-electron chi connectivity index (χ3n) is 2.67. The summed E-state index contributed by atoms with van der Waals surface area (Å²) in [7, 11) is 0. The van der Waals surface area contributed by atoms with Crippen LogP contribution in [0.2, 0.25) is 5.02 Å². The first-order valence-electron chi connectivity index (χ1n) is 5.74. The molecule has 2 aromatic rings. The van der Waals surface area contributed by atoms with Crippen molar-refractivity contribution in [2.45, 2.75) is 0 Å². The van der Waals surface area contributed by atoms with E-state index in [4.69, 9.17) is 17.3 Å². The molecule has 21 heavy (non-hydrogen) atoms. The number of carbonyl (C=O) groups excluding carboxylic acids is 2. The fourth-order valence-corrected chi connectivity index (χ4v) is 2.52. The van der Waals surface area contributed by atoms with Crippen molar-refractivity contribution in [3.63, 3.8) is 0 Å². The van der Waals surface area contributed by atoms with E-state index in [0.717, 1.165) is 0 Å². The van der Waals surface area contributed by atoms with Gasteiger partial charge in [0.05, 0.1) is 16.3 Å². The second kappa shape index (κ2) is 6.40. The van der Waals surface area contributed by atoms with E-state index in [9.17, 15) is 14.0 Å². The van der Waals surface area contributed by atoms with E-state index in [1.54, 1.807) is 0 Å². The maximum atomic E-state index is 13.0. The molecule has 7 heteroatoms. The molecule has 0 aliphatic carbocycles. The lowest BCUT2D eigenvalue weighted by molar-refractivity contribution is 0.0996. The van der Waals surface area contributed by atoms with Crippen LogP contribution in [0, 0.1) is 9.39 Å².